The van der Waals surface area contributed by atoms with Crippen LogP contribution in [0.1, 0.15) is 12.5 Å². The van der Waals surface area contributed by atoms with Crippen LogP contribution in [0.25, 0.3) is 0 Å². The van der Waals surface area contributed by atoms with Gasteiger partial charge in [-0.2, -0.15) is 0 Å². The summed E-state index contributed by atoms with van der Waals surface area (Å²) in [5.74, 6) is -0.239. The summed E-state index contributed by atoms with van der Waals surface area (Å²) in [4.78, 5) is 19.4. The molecule has 0 saturated heterocycles. The highest BCUT2D eigenvalue weighted by atomic mass is 16.5. The molecular formula is C14H15N3O2. The monoisotopic (exact) mass is 257 g/mol. The van der Waals surface area contributed by atoms with Crippen LogP contribution in [0.5, 0.6) is 6.01 Å². The number of ether oxygens (including phenoxy) is 1. The Labute approximate surface area is 111 Å². The molecule has 5 nitrogen and oxygen atoms in total. The summed E-state index contributed by atoms with van der Waals surface area (Å²) in [7, 11) is 0. The molecular weight excluding hydrogens is 242 g/mol. The number of benzene rings is 1. The van der Waals surface area contributed by atoms with Crippen molar-refractivity contribution < 1.29 is 9.53 Å². The zero-order chi connectivity index (χ0) is 13.5. The maximum atomic E-state index is 11.6. The van der Waals surface area contributed by atoms with Gasteiger partial charge in [0.1, 0.15) is 0 Å². The van der Waals surface area contributed by atoms with E-state index in [4.69, 9.17) is 4.74 Å². The maximum Gasteiger partial charge on any atom is 0.316 e. The molecule has 0 aliphatic heterocycles. The van der Waals surface area contributed by atoms with Gasteiger partial charge in [0.2, 0.25) is 0 Å². The van der Waals surface area contributed by atoms with E-state index in [0.29, 0.717) is 0 Å². The molecule has 1 aromatic carbocycles. The molecule has 0 aliphatic rings. The molecule has 0 fully saturated rings. The van der Waals surface area contributed by atoms with Gasteiger partial charge in [-0.3, -0.25) is 4.79 Å². The number of carbonyl (C=O) groups is 1. The fourth-order valence-electron chi connectivity index (χ4n) is 1.51. The Kier molecular flexibility index (Phi) is 4.44. The topological polar surface area (TPSA) is 64.1 Å². The van der Waals surface area contributed by atoms with Crippen molar-refractivity contribution in [2.24, 2.45) is 0 Å². The molecule has 0 unspecified atom stereocenters. The minimum Gasteiger partial charge on any atom is -0.453 e. The van der Waals surface area contributed by atoms with E-state index in [1.54, 1.807) is 18.5 Å². The van der Waals surface area contributed by atoms with Crippen molar-refractivity contribution in [3.8, 4) is 6.01 Å². The van der Waals surface area contributed by atoms with Gasteiger partial charge < -0.3 is 10.1 Å². The fourth-order valence-corrected chi connectivity index (χ4v) is 1.51. The first-order valence-electron chi connectivity index (χ1n) is 6.06. The molecule has 1 amide bonds. The second-order valence-corrected chi connectivity index (χ2v) is 3.92. The van der Waals surface area contributed by atoms with E-state index in [1.807, 2.05) is 24.3 Å². The van der Waals surface area contributed by atoms with E-state index in [2.05, 4.69) is 22.2 Å². The normalized spacial score (nSPS) is 9.95. The third-order valence-electron chi connectivity index (χ3n) is 2.52. The average Bonchev–Trinajstić information content (AvgIpc) is 2.47. The smallest absolute Gasteiger partial charge is 0.316 e. The van der Waals surface area contributed by atoms with Gasteiger partial charge in [-0.25, -0.2) is 9.97 Å². The molecule has 2 rings (SSSR count). The lowest BCUT2D eigenvalue weighted by atomic mass is 10.1. The van der Waals surface area contributed by atoms with Crippen molar-refractivity contribution in [2.45, 2.75) is 13.3 Å². The fraction of sp³-hybridized carbons (Fsp3) is 0.214. The SMILES string of the molecule is CCc1ccc(NC(=O)COc2ncccn2)cc1. The first-order chi connectivity index (χ1) is 9.28. The van der Waals surface area contributed by atoms with Crippen molar-refractivity contribution >= 4 is 11.6 Å². The number of nitrogens with one attached hydrogen (secondary N) is 1. The standard InChI is InChI=1S/C14H15N3O2/c1-2-11-4-6-12(7-5-11)17-13(18)10-19-14-15-8-3-9-16-14/h3-9H,2,10H2,1H3,(H,17,18). The zero-order valence-electron chi connectivity index (χ0n) is 10.7. The zero-order valence-corrected chi connectivity index (χ0v) is 10.7. The predicted molar refractivity (Wildman–Crippen MR) is 72.0 cm³/mol. The molecule has 0 atom stereocenters. The number of carbonyl (C=O) groups excluding carboxylic acids is 1. The van der Waals surface area contributed by atoms with Gasteiger partial charge in [-0.1, -0.05) is 19.1 Å². The molecule has 1 heterocycles. The Hall–Kier alpha value is -2.43. The van der Waals surface area contributed by atoms with Crippen molar-refractivity contribution in [3.63, 3.8) is 0 Å². The van der Waals surface area contributed by atoms with Crippen LogP contribution in [-0.4, -0.2) is 22.5 Å². The number of aryl methyl sites for hydroxylation is 1. The van der Waals surface area contributed by atoms with Gasteiger partial charge >= 0.3 is 6.01 Å². The van der Waals surface area contributed by atoms with Crippen LogP contribution in [0.4, 0.5) is 5.69 Å². The van der Waals surface area contributed by atoms with E-state index in [0.717, 1.165) is 12.1 Å². The Bertz CT molecular complexity index is 526. The van der Waals surface area contributed by atoms with Crippen LogP contribution in [0.15, 0.2) is 42.7 Å². The minimum absolute atomic E-state index is 0.112. The summed E-state index contributed by atoms with van der Waals surface area (Å²) in [5, 5.41) is 2.74. The molecule has 1 aromatic heterocycles. The molecule has 0 aliphatic carbocycles. The van der Waals surface area contributed by atoms with Gasteiger partial charge in [-0.15, -0.1) is 0 Å². The van der Waals surface area contributed by atoms with E-state index in [9.17, 15) is 4.79 Å². The highest BCUT2D eigenvalue weighted by molar-refractivity contribution is 5.91. The number of rotatable bonds is 5. The van der Waals surface area contributed by atoms with Crippen LogP contribution >= 0.6 is 0 Å². The Balaban J connectivity index is 1.83. The number of nitrogens with zero attached hydrogens (tertiary/aromatic N) is 2. The van der Waals surface area contributed by atoms with Crippen molar-refractivity contribution in [2.75, 3.05) is 11.9 Å². The summed E-state index contributed by atoms with van der Waals surface area (Å²) in [5.41, 5.74) is 1.98. The third-order valence-corrected chi connectivity index (χ3v) is 2.52. The van der Waals surface area contributed by atoms with Gasteiger partial charge in [0.15, 0.2) is 6.61 Å². The molecule has 0 saturated carbocycles. The van der Waals surface area contributed by atoms with Crippen LogP contribution in [-0.2, 0) is 11.2 Å². The van der Waals surface area contributed by atoms with E-state index in [1.165, 1.54) is 5.56 Å². The number of hydrogen-bond donors (Lipinski definition) is 1. The number of aromatic nitrogens is 2. The summed E-state index contributed by atoms with van der Waals surface area (Å²) < 4.78 is 5.15. The lowest BCUT2D eigenvalue weighted by Crippen LogP contribution is -2.20. The van der Waals surface area contributed by atoms with Gasteiger partial charge in [0, 0.05) is 18.1 Å². The Morgan fingerprint density at radius 2 is 1.89 bits per heavy atom. The van der Waals surface area contributed by atoms with Crippen LogP contribution < -0.4 is 10.1 Å². The van der Waals surface area contributed by atoms with Crippen molar-refractivity contribution in [3.05, 3.63) is 48.3 Å². The first-order valence-corrected chi connectivity index (χ1v) is 6.06. The van der Waals surface area contributed by atoms with Crippen molar-refractivity contribution in [1.29, 1.82) is 0 Å². The molecule has 0 bridgehead atoms. The van der Waals surface area contributed by atoms with Gasteiger partial charge in [0.05, 0.1) is 0 Å². The molecule has 0 spiro atoms. The van der Waals surface area contributed by atoms with Crippen LogP contribution in [0.3, 0.4) is 0 Å². The number of amides is 1. The molecule has 1 N–H and O–H groups in total. The molecule has 5 heteroatoms. The number of hydrogen-bond acceptors (Lipinski definition) is 4. The summed E-state index contributed by atoms with van der Waals surface area (Å²) in [6.45, 7) is 1.97. The van der Waals surface area contributed by atoms with Crippen LogP contribution in [0.2, 0.25) is 0 Å². The molecule has 98 valence electrons. The molecule has 0 radical (unpaired) electrons. The minimum atomic E-state index is -0.239. The Morgan fingerprint density at radius 3 is 2.53 bits per heavy atom. The van der Waals surface area contributed by atoms with E-state index in [-0.39, 0.29) is 18.5 Å². The molecule has 2 aromatic rings. The second-order valence-electron chi connectivity index (χ2n) is 3.92. The van der Waals surface area contributed by atoms with Gasteiger partial charge in [-0.05, 0) is 30.2 Å². The number of anilines is 1. The van der Waals surface area contributed by atoms with Crippen LogP contribution in [0, 0.1) is 0 Å². The first kappa shape index (κ1) is 13.0. The average molecular weight is 257 g/mol. The maximum absolute atomic E-state index is 11.6. The second kappa shape index (κ2) is 6.49. The largest absolute Gasteiger partial charge is 0.453 e. The molecule has 19 heavy (non-hydrogen) atoms. The lowest BCUT2D eigenvalue weighted by Gasteiger charge is -2.06. The lowest BCUT2D eigenvalue weighted by molar-refractivity contribution is -0.118. The highest BCUT2D eigenvalue weighted by Crippen LogP contribution is 2.09. The highest BCUT2D eigenvalue weighted by Gasteiger charge is 2.04. The quantitative estimate of drug-likeness (QED) is 0.890. The van der Waals surface area contributed by atoms with Crippen molar-refractivity contribution in [1.82, 2.24) is 9.97 Å². The Morgan fingerprint density at radius 1 is 1.21 bits per heavy atom. The summed E-state index contributed by atoms with van der Waals surface area (Å²) in [6, 6.07) is 9.58. The summed E-state index contributed by atoms with van der Waals surface area (Å²) >= 11 is 0. The summed E-state index contributed by atoms with van der Waals surface area (Å²) in [6.07, 6.45) is 4.09. The predicted octanol–water partition coefficient (Wildman–Crippen LogP) is 2.06. The third kappa shape index (κ3) is 4.06. The van der Waals surface area contributed by atoms with Gasteiger partial charge in [0.25, 0.3) is 5.91 Å². The van der Waals surface area contributed by atoms with E-state index < -0.39 is 0 Å². The van der Waals surface area contributed by atoms with E-state index >= 15 is 0 Å².